The van der Waals surface area contributed by atoms with E-state index in [1.807, 2.05) is 26.0 Å². The summed E-state index contributed by atoms with van der Waals surface area (Å²) in [6, 6.07) is 11.9. The van der Waals surface area contributed by atoms with Crippen molar-refractivity contribution in [3.8, 4) is 5.75 Å². The molecule has 8 heteroatoms. The zero-order valence-electron chi connectivity index (χ0n) is 15.8. The van der Waals surface area contributed by atoms with Gasteiger partial charge in [0.1, 0.15) is 5.75 Å². The summed E-state index contributed by atoms with van der Waals surface area (Å²) >= 11 is 3.42. The molecule has 148 valence electrons. The van der Waals surface area contributed by atoms with Gasteiger partial charge < -0.3 is 10.1 Å². The average Bonchev–Trinajstić information content (AvgIpc) is 2.65. The fourth-order valence-corrected chi connectivity index (χ4v) is 2.77. The number of hydrogen-bond acceptors (Lipinski definition) is 4. The van der Waals surface area contributed by atoms with Crippen LogP contribution in [-0.2, 0) is 9.59 Å². The third-order valence-electron chi connectivity index (χ3n) is 3.74. The second-order valence-corrected chi connectivity index (χ2v) is 7.30. The predicted molar refractivity (Wildman–Crippen MR) is 110 cm³/mol. The van der Waals surface area contributed by atoms with Crippen LogP contribution in [-0.4, -0.2) is 24.3 Å². The molecule has 0 aromatic heterocycles. The Morgan fingerprint density at radius 1 is 1.04 bits per heavy atom. The molecule has 28 heavy (non-hydrogen) atoms. The molecule has 0 radical (unpaired) electrons. The first-order valence-electron chi connectivity index (χ1n) is 8.65. The topological polar surface area (TPSA) is 96.5 Å². The second-order valence-electron chi connectivity index (χ2n) is 6.39. The van der Waals surface area contributed by atoms with Gasteiger partial charge in [0.15, 0.2) is 6.61 Å². The highest BCUT2D eigenvalue weighted by molar-refractivity contribution is 9.10. The first-order valence-corrected chi connectivity index (χ1v) is 9.44. The molecule has 0 aliphatic carbocycles. The van der Waals surface area contributed by atoms with Crippen molar-refractivity contribution in [1.82, 2.24) is 10.9 Å². The normalized spacial score (nSPS) is 10.3. The van der Waals surface area contributed by atoms with Crippen molar-refractivity contribution < 1.29 is 19.1 Å². The molecule has 0 bridgehead atoms. The first-order chi connectivity index (χ1) is 13.3. The van der Waals surface area contributed by atoms with Crippen LogP contribution in [0.5, 0.6) is 5.75 Å². The van der Waals surface area contributed by atoms with Gasteiger partial charge in [-0.2, -0.15) is 0 Å². The second kappa shape index (κ2) is 9.89. The van der Waals surface area contributed by atoms with Crippen molar-refractivity contribution in [3.05, 3.63) is 58.1 Å². The number of benzene rings is 2. The molecule has 2 rings (SSSR count). The lowest BCUT2D eigenvalue weighted by molar-refractivity contribution is -0.123. The highest BCUT2D eigenvalue weighted by Crippen LogP contribution is 2.29. The van der Waals surface area contributed by atoms with Crippen molar-refractivity contribution in [1.29, 1.82) is 0 Å². The summed E-state index contributed by atoms with van der Waals surface area (Å²) < 4.78 is 6.52. The maximum atomic E-state index is 12.1. The van der Waals surface area contributed by atoms with Gasteiger partial charge in [-0.1, -0.05) is 29.8 Å². The molecule has 3 N–H and O–H groups in total. The molecule has 2 aromatic rings. The Hall–Kier alpha value is -2.87. The summed E-state index contributed by atoms with van der Waals surface area (Å²) in [4.78, 5) is 35.0. The Labute approximate surface area is 171 Å². The van der Waals surface area contributed by atoms with Gasteiger partial charge >= 0.3 is 0 Å². The fourth-order valence-electron chi connectivity index (χ4n) is 2.39. The van der Waals surface area contributed by atoms with E-state index < -0.39 is 11.8 Å². The summed E-state index contributed by atoms with van der Waals surface area (Å²) in [5.74, 6) is -0.310. The van der Waals surface area contributed by atoms with Gasteiger partial charge in [0.25, 0.3) is 11.8 Å². The molecule has 0 saturated heterocycles. The number of rotatable bonds is 6. The third-order valence-corrected chi connectivity index (χ3v) is 4.23. The van der Waals surface area contributed by atoms with Crippen molar-refractivity contribution in [3.63, 3.8) is 0 Å². The lowest BCUT2D eigenvalue weighted by Gasteiger charge is -2.14. The molecule has 0 aliphatic rings. The van der Waals surface area contributed by atoms with Gasteiger partial charge in [-0.25, -0.2) is 0 Å². The number of halogens is 1. The maximum Gasteiger partial charge on any atom is 0.276 e. The first kappa shape index (κ1) is 21.4. The third kappa shape index (κ3) is 6.38. The van der Waals surface area contributed by atoms with Crippen LogP contribution in [0.25, 0.3) is 0 Å². The fraction of sp³-hybridized carbons (Fsp3) is 0.250. The molecule has 0 fully saturated rings. The molecular weight excluding hydrogens is 426 g/mol. The summed E-state index contributed by atoms with van der Waals surface area (Å²) in [6.45, 7) is 5.23. The number of hydrogen-bond donors (Lipinski definition) is 3. The van der Waals surface area contributed by atoms with E-state index in [1.54, 1.807) is 30.3 Å². The van der Waals surface area contributed by atoms with Crippen molar-refractivity contribution in [2.24, 2.45) is 0 Å². The van der Waals surface area contributed by atoms with Crippen LogP contribution in [0.1, 0.15) is 42.6 Å². The van der Waals surface area contributed by atoms with Crippen LogP contribution >= 0.6 is 15.9 Å². The molecule has 0 aliphatic heterocycles. The quantitative estimate of drug-likeness (QED) is 0.591. The summed E-state index contributed by atoms with van der Waals surface area (Å²) in [7, 11) is 0. The molecule has 0 atom stereocenters. The van der Waals surface area contributed by atoms with Crippen LogP contribution in [0.3, 0.4) is 0 Å². The molecule has 0 unspecified atom stereocenters. The zero-order valence-corrected chi connectivity index (χ0v) is 17.4. The van der Waals surface area contributed by atoms with Crippen LogP contribution in [0, 0.1) is 0 Å². The Bertz CT molecular complexity index is 866. The van der Waals surface area contributed by atoms with Gasteiger partial charge in [-0.15, -0.1) is 0 Å². The molecule has 3 amide bonds. The standard InChI is InChI=1S/C20H22BrN3O4/c1-12(2)17-10-15(21)6-9-18(17)28-11-19(26)23-24-20(27)14-4-7-16(8-5-14)22-13(3)25/h4-10,12H,11H2,1-3H3,(H,22,25)(H,23,26)(H,24,27). The van der Waals surface area contributed by atoms with Crippen LogP contribution in [0.15, 0.2) is 46.9 Å². The van der Waals surface area contributed by atoms with E-state index in [0.29, 0.717) is 17.0 Å². The number of carbonyl (C=O) groups is 3. The minimum Gasteiger partial charge on any atom is -0.483 e. The van der Waals surface area contributed by atoms with Crippen molar-refractivity contribution in [2.45, 2.75) is 26.7 Å². The lowest BCUT2D eigenvalue weighted by atomic mass is 10.0. The van der Waals surface area contributed by atoms with Crippen LogP contribution in [0.2, 0.25) is 0 Å². The van der Waals surface area contributed by atoms with Gasteiger partial charge in [0, 0.05) is 22.6 Å². The Morgan fingerprint density at radius 3 is 2.32 bits per heavy atom. The number of hydrazine groups is 1. The van der Waals surface area contributed by atoms with Crippen LogP contribution in [0.4, 0.5) is 5.69 Å². The van der Waals surface area contributed by atoms with Gasteiger partial charge in [0.2, 0.25) is 5.91 Å². The molecule has 0 heterocycles. The molecule has 7 nitrogen and oxygen atoms in total. The molecule has 0 spiro atoms. The van der Waals surface area contributed by atoms with E-state index in [9.17, 15) is 14.4 Å². The Morgan fingerprint density at radius 2 is 1.71 bits per heavy atom. The van der Waals surface area contributed by atoms with E-state index in [4.69, 9.17) is 4.74 Å². The average molecular weight is 448 g/mol. The summed E-state index contributed by atoms with van der Waals surface area (Å²) in [6.07, 6.45) is 0. The zero-order chi connectivity index (χ0) is 20.7. The number of ether oxygens (including phenoxy) is 1. The number of nitrogens with one attached hydrogen (secondary N) is 3. The van der Waals surface area contributed by atoms with Crippen molar-refractivity contribution in [2.75, 3.05) is 11.9 Å². The number of carbonyl (C=O) groups excluding carboxylic acids is 3. The molecule has 0 saturated carbocycles. The van der Waals surface area contributed by atoms with Gasteiger partial charge in [0.05, 0.1) is 0 Å². The largest absolute Gasteiger partial charge is 0.483 e. The smallest absolute Gasteiger partial charge is 0.276 e. The van der Waals surface area contributed by atoms with E-state index >= 15 is 0 Å². The maximum absolute atomic E-state index is 12.1. The highest BCUT2D eigenvalue weighted by atomic mass is 79.9. The van der Waals surface area contributed by atoms with Gasteiger partial charge in [-0.3, -0.25) is 25.2 Å². The summed E-state index contributed by atoms with van der Waals surface area (Å²) in [5, 5.41) is 2.61. The van der Waals surface area contributed by atoms with Gasteiger partial charge in [-0.05, 0) is 53.9 Å². The minimum absolute atomic E-state index is 0.198. The Kier molecular flexibility index (Phi) is 7.57. The SMILES string of the molecule is CC(=O)Nc1ccc(C(=O)NNC(=O)COc2ccc(Br)cc2C(C)C)cc1. The predicted octanol–water partition coefficient (Wildman–Crippen LogP) is 3.37. The summed E-state index contributed by atoms with van der Waals surface area (Å²) in [5.41, 5.74) is 6.54. The van der Waals surface area contributed by atoms with E-state index in [2.05, 4.69) is 32.1 Å². The van der Waals surface area contributed by atoms with E-state index in [0.717, 1.165) is 10.0 Å². The van der Waals surface area contributed by atoms with E-state index in [1.165, 1.54) is 6.92 Å². The molecule has 2 aromatic carbocycles. The highest BCUT2D eigenvalue weighted by Gasteiger charge is 2.12. The van der Waals surface area contributed by atoms with Crippen LogP contribution < -0.4 is 20.9 Å². The number of anilines is 1. The lowest BCUT2D eigenvalue weighted by Crippen LogP contribution is -2.43. The van der Waals surface area contributed by atoms with E-state index in [-0.39, 0.29) is 18.4 Å². The Balaban J connectivity index is 1.85. The number of amides is 3. The monoisotopic (exact) mass is 447 g/mol. The minimum atomic E-state index is -0.485. The van der Waals surface area contributed by atoms with Crippen molar-refractivity contribution >= 4 is 39.3 Å². The molecular formula is C20H22BrN3O4.